The Morgan fingerprint density at radius 1 is 1.32 bits per heavy atom. The molecule has 1 heterocycles. The van der Waals surface area contributed by atoms with Gasteiger partial charge in [-0.25, -0.2) is 9.97 Å². The number of carbonyl (C=O) groups excluding carboxylic acids is 1. The van der Waals surface area contributed by atoms with E-state index in [4.69, 9.17) is 16.3 Å². The van der Waals surface area contributed by atoms with E-state index < -0.39 is 0 Å². The number of aryl methyl sites for hydroxylation is 1. The zero-order chi connectivity index (χ0) is 17.8. The first kappa shape index (κ1) is 17.5. The summed E-state index contributed by atoms with van der Waals surface area (Å²) in [6, 6.07) is 5.45. The highest BCUT2D eigenvalue weighted by Crippen LogP contribution is 2.32. The molecule has 25 heavy (non-hydrogen) atoms. The van der Waals surface area contributed by atoms with Crippen LogP contribution in [0.3, 0.4) is 0 Å². The Hall–Kier alpha value is -2.34. The Morgan fingerprint density at radius 2 is 2.08 bits per heavy atom. The number of methoxy groups -OCH3 is 1. The van der Waals surface area contributed by atoms with Crippen LogP contribution in [-0.4, -0.2) is 29.0 Å². The van der Waals surface area contributed by atoms with E-state index >= 15 is 0 Å². The monoisotopic (exact) mass is 360 g/mol. The zero-order valence-electron chi connectivity index (χ0n) is 14.3. The predicted molar refractivity (Wildman–Crippen MR) is 97.8 cm³/mol. The van der Waals surface area contributed by atoms with Crippen molar-refractivity contribution in [2.75, 3.05) is 12.4 Å². The first-order valence-electron chi connectivity index (χ1n) is 8.32. The SMILES string of the molecule is COc1cc(Cl)c(C)cc1Nc1nccc(C(=O)NC2CCCC2)n1. The Labute approximate surface area is 152 Å². The maximum Gasteiger partial charge on any atom is 0.270 e. The summed E-state index contributed by atoms with van der Waals surface area (Å²) in [6.45, 7) is 1.90. The maximum absolute atomic E-state index is 12.4. The summed E-state index contributed by atoms with van der Waals surface area (Å²) in [5.41, 5.74) is 1.94. The predicted octanol–water partition coefficient (Wildman–Crippen LogP) is 3.86. The highest BCUT2D eigenvalue weighted by Gasteiger charge is 2.19. The van der Waals surface area contributed by atoms with Crippen LogP contribution in [0, 0.1) is 6.92 Å². The van der Waals surface area contributed by atoms with Crippen LogP contribution in [0.25, 0.3) is 0 Å². The number of anilines is 2. The molecule has 0 atom stereocenters. The molecular weight excluding hydrogens is 340 g/mol. The molecule has 2 aromatic rings. The summed E-state index contributed by atoms with van der Waals surface area (Å²) < 4.78 is 5.34. The van der Waals surface area contributed by atoms with Crippen molar-refractivity contribution in [1.29, 1.82) is 0 Å². The fraction of sp³-hybridized carbons (Fsp3) is 0.389. The second kappa shape index (κ2) is 7.70. The Kier molecular flexibility index (Phi) is 5.38. The number of benzene rings is 1. The van der Waals surface area contributed by atoms with Gasteiger partial charge in [-0.1, -0.05) is 24.4 Å². The van der Waals surface area contributed by atoms with Gasteiger partial charge in [0.15, 0.2) is 0 Å². The minimum Gasteiger partial charge on any atom is -0.495 e. The molecule has 6 nitrogen and oxygen atoms in total. The molecule has 1 amide bonds. The molecule has 0 aliphatic heterocycles. The lowest BCUT2D eigenvalue weighted by Crippen LogP contribution is -2.33. The van der Waals surface area contributed by atoms with Crippen molar-refractivity contribution >= 4 is 29.1 Å². The second-order valence-corrected chi connectivity index (χ2v) is 6.55. The highest BCUT2D eigenvalue weighted by molar-refractivity contribution is 6.31. The lowest BCUT2D eigenvalue weighted by atomic mass is 10.2. The topological polar surface area (TPSA) is 76.1 Å². The van der Waals surface area contributed by atoms with Crippen molar-refractivity contribution < 1.29 is 9.53 Å². The van der Waals surface area contributed by atoms with Gasteiger partial charge >= 0.3 is 0 Å². The van der Waals surface area contributed by atoms with E-state index in [1.165, 1.54) is 0 Å². The number of hydrogen-bond acceptors (Lipinski definition) is 5. The molecule has 0 radical (unpaired) electrons. The molecule has 1 aromatic carbocycles. The van der Waals surface area contributed by atoms with E-state index in [0.717, 1.165) is 31.2 Å². The number of hydrogen-bond donors (Lipinski definition) is 2. The average molecular weight is 361 g/mol. The second-order valence-electron chi connectivity index (χ2n) is 6.15. The van der Waals surface area contributed by atoms with Gasteiger partial charge in [0.25, 0.3) is 5.91 Å². The third-order valence-corrected chi connectivity index (χ3v) is 4.71. The summed E-state index contributed by atoms with van der Waals surface area (Å²) in [4.78, 5) is 20.9. The van der Waals surface area contributed by atoms with Crippen LogP contribution in [0.4, 0.5) is 11.6 Å². The van der Waals surface area contributed by atoms with Gasteiger partial charge in [0.05, 0.1) is 12.8 Å². The number of halogens is 1. The molecule has 0 saturated heterocycles. The molecular formula is C18H21ClN4O2. The van der Waals surface area contributed by atoms with Crippen molar-refractivity contribution in [3.05, 3.63) is 40.7 Å². The third-order valence-electron chi connectivity index (χ3n) is 4.31. The molecule has 2 N–H and O–H groups in total. The molecule has 1 aliphatic rings. The molecule has 0 unspecified atom stereocenters. The number of nitrogens with one attached hydrogen (secondary N) is 2. The number of nitrogens with zero attached hydrogens (tertiary/aromatic N) is 2. The summed E-state index contributed by atoms with van der Waals surface area (Å²) in [6.07, 6.45) is 5.95. The van der Waals surface area contributed by atoms with Crippen LogP contribution in [0.2, 0.25) is 5.02 Å². The van der Waals surface area contributed by atoms with Crippen molar-refractivity contribution in [3.8, 4) is 5.75 Å². The smallest absolute Gasteiger partial charge is 0.270 e. The van der Waals surface area contributed by atoms with Crippen LogP contribution in [0.1, 0.15) is 41.7 Å². The molecule has 1 fully saturated rings. The van der Waals surface area contributed by atoms with Gasteiger partial charge in [0, 0.05) is 23.3 Å². The van der Waals surface area contributed by atoms with Gasteiger partial charge in [-0.15, -0.1) is 0 Å². The maximum atomic E-state index is 12.4. The van der Waals surface area contributed by atoms with Crippen LogP contribution < -0.4 is 15.4 Å². The average Bonchev–Trinajstić information content (AvgIpc) is 3.11. The summed E-state index contributed by atoms with van der Waals surface area (Å²) in [7, 11) is 1.57. The largest absolute Gasteiger partial charge is 0.495 e. The standard InChI is InChI=1S/C18H21ClN4O2/c1-11-9-15(16(25-2)10-13(11)19)23-18-20-8-7-14(22-18)17(24)21-12-5-3-4-6-12/h7-10,12H,3-6H2,1-2H3,(H,21,24)(H,20,22,23). The number of aromatic nitrogens is 2. The molecule has 7 heteroatoms. The molecule has 0 bridgehead atoms. The minimum atomic E-state index is -0.170. The van der Waals surface area contributed by atoms with Crippen LogP contribution in [0.15, 0.2) is 24.4 Å². The third kappa shape index (κ3) is 4.20. The summed E-state index contributed by atoms with van der Waals surface area (Å²) in [5.74, 6) is 0.746. The van der Waals surface area contributed by atoms with Gasteiger partial charge < -0.3 is 15.4 Å². The van der Waals surface area contributed by atoms with Gasteiger partial charge in [-0.2, -0.15) is 0 Å². The number of ether oxygens (including phenoxy) is 1. The van der Waals surface area contributed by atoms with Crippen LogP contribution >= 0.6 is 11.6 Å². The Balaban J connectivity index is 1.77. The molecule has 1 aliphatic carbocycles. The van der Waals surface area contributed by atoms with E-state index in [-0.39, 0.29) is 11.9 Å². The molecule has 132 valence electrons. The number of carbonyl (C=O) groups is 1. The van der Waals surface area contributed by atoms with Gasteiger partial charge in [-0.05, 0) is 37.5 Å². The van der Waals surface area contributed by atoms with E-state index in [2.05, 4.69) is 20.6 Å². The molecule has 1 aromatic heterocycles. The Bertz CT molecular complexity index is 776. The molecule has 3 rings (SSSR count). The highest BCUT2D eigenvalue weighted by atomic mass is 35.5. The van der Waals surface area contributed by atoms with E-state index in [9.17, 15) is 4.79 Å². The quantitative estimate of drug-likeness (QED) is 0.846. The van der Waals surface area contributed by atoms with Crippen molar-refractivity contribution in [3.63, 3.8) is 0 Å². The van der Waals surface area contributed by atoms with Crippen LogP contribution in [0.5, 0.6) is 5.75 Å². The first-order valence-corrected chi connectivity index (χ1v) is 8.69. The lowest BCUT2D eigenvalue weighted by Gasteiger charge is -2.13. The number of rotatable bonds is 5. The summed E-state index contributed by atoms with van der Waals surface area (Å²) >= 11 is 6.12. The van der Waals surface area contributed by atoms with Gasteiger partial charge in [0.2, 0.25) is 5.95 Å². The number of amides is 1. The molecule has 0 spiro atoms. The lowest BCUT2D eigenvalue weighted by molar-refractivity contribution is 0.0933. The van der Waals surface area contributed by atoms with E-state index in [1.807, 2.05) is 13.0 Å². The minimum absolute atomic E-state index is 0.170. The first-order chi connectivity index (χ1) is 12.1. The van der Waals surface area contributed by atoms with Gasteiger partial charge in [-0.3, -0.25) is 4.79 Å². The fourth-order valence-electron chi connectivity index (χ4n) is 2.93. The normalized spacial score (nSPS) is 14.4. The van der Waals surface area contributed by atoms with E-state index in [1.54, 1.807) is 25.4 Å². The molecule has 1 saturated carbocycles. The van der Waals surface area contributed by atoms with Crippen molar-refractivity contribution in [1.82, 2.24) is 15.3 Å². The van der Waals surface area contributed by atoms with Crippen LogP contribution in [-0.2, 0) is 0 Å². The van der Waals surface area contributed by atoms with Crippen molar-refractivity contribution in [2.24, 2.45) is 0 Å². The zero-order valence-corrected chi connectivity index (χ0v) is 15.1. The fourth-order valence-corrected chi connectivity index (χ4v) is 3.08. The van der Waals surface area contributed by atoms with E-state index in [0.29, 0.717) is 28.1 Å². The van der Waals surface area contributed by atoms with Crippen molar-refractivity contribution in [2.45, 2.75) is 38.6 Å². The van der Waals surface area contributed by atoms with Gasteiger partial charge in [0.1, 0.15) is 11.4 Å². The Morgan fingerprint density at radius 3 is 2.80 bits per heavy atom. The summed E-state index contributed by atoms with van der Waals surface area (Å²) in [5, 5.41) is 6.74.